The lowest BCUT2D eigenvalue weighted by Crippen LogP contribution is -2.54. The Balaban J connectivity index is 2.08. The fourth-order valence-electron chi connectivity index (χ4n) is 5.53. The fraction of sp³-hybridized carbons (Fsp3) is 0.583. The second kappa shape index (κ2) is 8.44. The van der Waals surface area contributed by atoms with Crippen molar-refractivity contribution < 1.29 is 33.4 Å². The molecule has 0 radical (unpaired) electrons. The molecule has 0 spiro atoms. The van der Waals surface area contributed by atoms with Crippen LogP contribution in [0.2, 0.25) is 0 Å². The molecule has 7 heteroatoms. The van der Waals surface area contributed by atoms with E-state index in [2.05, 4.69) is 6.92 Å². The Hall–Kier alpha value is -2.70. The molecule has 1 aromatic carbocycles. The zero-order chi connectivity index (χ0) is 23.0. The highest BCUT2D eigenvalue weighted by molar-refractivity contribution is 5.90. The molecule has 0 N–H and O–H groups in total. The second-order valence-electron chi connectivity index (χ2n) is 8.97. The summed E-state index contributed by atoms with van der Waals surface area (Å²) in [5.41, 5.74) is 0.747. The van der Waals surface area contributed by atoms with Gasteiger partial charge in [-0.05, 0) is 60.8 Å². The number of aryl methyl sites for hydroxylation is 1. The van der Waals surface area contributed by atoms with Crippen LogP contribution >= 0.6 is 0 Å². The average Bonchev–Trinajstić information content (AvgIpc) is 2.65. The lowest BCUT2D eigenvalue weighted by atomic mass is 9.48. The summed E-state index contributed by atoms with van der Waals surface area (Å²) < 4.78 is 15.8. The van der Waals surface area contributed by atoms with Gasteiger partial charge in [0, 0.05) is 25.7 Å². The Morgan fingerprint density at radius 2 is 1.65 bits per heavy atom. The molecule has 0 aliphatic heterocycles. The van der Waals surface area contributed by atoms with Crippen LogP contribution in [0.4, 0.5) is 0 Å². The van der Waals surface area contributed by atoms with Crippen LogP contribution in [0.25, 0.3) is 0 Å². The SMILES string of the molecule is CCOC(=O)C[C@@]1(C)C(=O)CC[C@@]2(C)c3cc(OC(C)=O)c(OC(C)=O)cc3CC[C@H]12. The lowest BCUT2D eigenvalue weighted by Gasteiger charge is -2.54. The number of esters is 3. The molecule has 1 fully saturated rings. The number of benzene rings is 1. The highest BCUT2D eigenvalue weighted by atomic mass is 16.6. The van der Waals surface area contributed by atoms with Gasteiger partial charge in [-0.3, -0.25) is 19.2 Å². The molecule has 0 bridgehead atoms. The van der Waals surface area contributed by atoms with E-state index in [9.17, 15) is 19.2 Å². The minimum absolute atomic E-state index is 0.0532. The molecule has 0 saturated heterocycles. The zero-order valence-corrected chi connectivity index (χ0v) is 18.8. The van der Waals surface area contributed by atoms with E-state index >= 15 is 0 Å². The quantitative estimate of drug-likeness (QED) is 0.519. The number of ketones is 1. The Morgan fingerprint density at radius 3 is 2.23 bits per heavy atom. The molecule has 0 aromatic heterocycles. The van der Waals surface area contributed by atoms with Crippen molar-refractivity contribution >= 4 is 23.7 Å². The Bertz CT molecular complexity index is 934. The van der Waals surface area contributed by atoms with E-state index in [-0.39, 0.29) is 42.2 Å². The Labute approximate surface area is 182 Å². The molecule has 1 aromatic rings. The molecule has 0 heterocycles. The molecule has 1 saturated carbocycles. The third-order valence-electron chi connectivity index (χ3n) is 6.86. The van der Waals surface area contributed by atoms with Crippen LogP contribution in [0.1, 0.15) is 71.4 Å². The van der Waals surface area contributed by atoms with E-state index in [0.717, 1.165) is 17.5 Å². The van der Waals surface area contributed by atoms with Crippen LogP contribution in [0.15, 0.2) is 12.1 Å². The number of Topliss-reactive ketones (excluding diaryl/α,β-unsaturated/α-hetero) is 1. The van der Waals surface area contributed by atoms with Gasteiger partial charge in [-0.1, -0.05) is 13.8 Å². The Kier molecular flexibility index (Phi) is 6.25. The molecule has 0 unspecified atom stereocenters. The average molecular weight is 430 g/mol. The summed E-state index contributed by atoms with van der Waals surface area (Å²) in [7, 11) is 0. The number of ether oxygens (including phenoxy) is 3. The lowest BCUT2D eigenvalue weighted by molar-refractivity contribution is -0.155. The van der Waals surface area contributed by atoms with E-state index in [1.165, 1.54) is 13.8 Å². The number of carbonyl (C=O) groups excluding carboxylic acids is 4. The van der Waals surface area contributed by atoms with Gasteiger partial charge >= 0.3 is 17.9 Å². The predicted molar refractivity (Wildman–Crippen MR) is 112 cm³/mol. The molecule has 0 amide bonds. The van der Waals surface area contributed by atoms with Crippen molar-refractivity contribution in [2.75, 3.05) is 6.61 Å². The van der Waals surface area contributed by atoms with Crippen molar-refractivity contribution in [2.24, 2.45) is 11.3 Å². The summed E-state index contributed by atoms with van der Waals surface area (Å²) in [6, 6.07) is 3.53. The Morgan fingerprint density at radius 1 is 1.03 bits per heavy atom. The number of fused-ring (bicyclic) bond motifs is 3. The van der Waals surface area contributed by atoms with Gasteiger partial charge in [-0.25, -0.2) is 0 Å². The van der Waals surface area contributed by atoms with E-state index < -0.39 is 22.8 Å². The third kappa shape index (κ3) is 4.23. The maximum atomic E-state index is 13.0. The monoisotopic (exact) mass is 430 g/mol. The summed E-state index contributed by atoms with van der Waals surface area (Å²) in [5, 5.41) is 0. The number of rotatable bonds is 5. The van der Waals surface area contributed by atoms with Crippen molar-refractivity contribution in [3.05, 3.63) is 23.3 Å². The van der Waals surface area contributed by atoms with Crippen molar-refractivity contribution in [1.82, 2.24) is 0 Å². The van der Waals surface area contributed by atoms with Crippen LogP contribution in [0.3, 0.4) is 0 Å². The summed E-state index contributed by atoms with van der Waals surface area (Å²) in [6.07, 6.45) is 2.43. The highest BCUT2D eigenvalue weighted by Crippen LogP contribution is 2.58. The van der Waals surface area contributed by atoms with E-state index in [0.29, 0.717) is 19.3 Å². The largest absolute Gasteiger partial charge is 0.466 e. The van der Waals surface area contributed by atoms with Gasteiger partial charge in [0.2, 0.25) is 0 Å². The van der Waals surface area contributed by atoms with Crippen molar-refractivity contribution in [3.63, 3.8) is 0 Å². The van der Waals surface area contributed by atoms with E-state index in [1.54, 1.807) is 19.1 Å². The minimum atomic E-state index is -0.826. The topological polar surface area (TPSA) is 96.0 Å². The van der Waals surface area contributed by atoms with Gasteiger partial charge in [-0.2, -0.15) is 0 Å². The molecular weight excluding hydrogens is 400 g/mol. The summed E-state index contributed by atoms with van der Waals surface area (Å²) in [5.74, 6) is -0.960. The smallest absolute Gasteiger partial charge is 0.308 e. The maximum absolute atomic E-state index is 13.0. The molecule has 3 rings (SSSR count). The van der Waals surface area contributed by atoms with E-state index in [1.807, 2.05) is 6.92 Å². The van der Waals surface area contributed by atoms with Gasteiger partial charge in [0.1, 0.15) is 5.78 Å². The van der Waals surface area contributed by atoms with E-state index in [4.69, 9.17) is 14.2 Å². The van der Waals surface area contributed by atoms with Crippen LogP contribution < -0.4 is 9.47 Å². The standard InChI is InChI=1S/C24H30O7/c1-6-29-22(28)13-24(5)20-8-7-16-11-18(30-14(2)25)19(31-15(3)26)12-17(16)23(20,4)10-9-21(24)27/h11-12,20H,6-10,13H2,1-5H3/t20-,23-,24+/m0/s1. The van der Waals surface area contributed by atoms with Crippen LogP contribution in [0, 0.1) is 11.3 Å². The summed E-state index contributed by atoms with van der Waals surface area (Å²) >= 11 is 0. The van der Waals surface area contributed by atoms with Gasteiger partial charge in [0.05, 0.1) is 13.0 Å². The van der Waals surface area contributed by atoms with Crippen molar-refractivity contribution in [3.8, 4) is 11.5 Å². The molecule has 168 valence electrons. The zero-order valence-electron chi connectivity index (χ0n) is 18.8. The highest BCUT2D eigenvalue weighted by Gasteiger charge is 2.56. The van der Waals surface area contributed by atoms with Crippen LogP contribution in [-0.2, 0) is 35.8 Å². The van der Waals surface area contributed by atoms with Gasteiger partial charge in [0.15, 0.2) is 11.5 Å². The number of hydrogen-bond acceptors (Lipinski definition) is 7. The molecule has 31 heavy (non-hydrogen) atoms. The molecule has 7 nitrogen and oxygen atoms in total. The first-order valence-electron chi connectivity index (χ1n) is 10.7. The van der Waals surface area contributed by atoms with Gasteiger partial charge < -0.3 is 14.2 Å². The number of hydrogen-bond donors (Lipinski definition) is 0. The number of carbonyl (C=O) groups is 4. The van der Waals surface area contributed by atoms with Crippen LogP contribution in [-0.4, -0.2) is 30.3 Å². The first-order valence-corrected chi connectivity index (χ1v) is 10.7. The second-order valence-corrected chi connectivity index (χ2v) is 8.97. The summed E-state index contributed by atoms with van der Waals surface area (Å²) in [4.78, 5) is 48.5. The minimum Gasteiger partial charge on any atom is -0.466 e. The van der Waals surface area contributed by atoms with Gasteiger partial charge in [0.25, 0.3) is 0 Å². The van der Waals surface area contributed by atoms with Crippen molar-refractivity contribution in [1.29, 1.82) is 0 Å². The predicted octanol–water partition coefficient (Wildman–Crippen LogP) is 3.68. The molecular formula is C24H30O7. The fourth-order valence-corrected chi connectivity index (χ4v) is 5.53. The van der Waals surface area contributed by atoms with Crippen LogP contribution in [0.5, 0.6) is 11.5 Å². The first-order chi connectivity index (χ1) is 14.5. The maximum Gasteiger partial charge on any atom is 0.308 e. The normalized spacial score (nSPS) is 27.0. The van der Waals surface area contributed by atoms with Gasteiger partial charge in [-0.15, -0.1) is 0 Å². The molecule has 2 aliphatic carbocycles. The first kappa shape index (κ1) is 23.0. The molecule has 2 aliphatic rings. The third-order valence-corrected chi connectivity index (χ3v) is 6.86. The molecule has 3 atom stereocenters. The van der Waals surface area contributed by atoms with Crippen molar-refractivity contribution in [2.45, 2.75) is 72.1 Å². The summed E-state index contributed by atoms with van der Waals surface area (Å²) in [6.45, 7) is 8.59.